The van der Waals surface area contributed by atoms with Gasteiger partial charge in [0, 0.05) is 17.5 Å². The van der Waals surface area contributed by atoms with Gasteiger partial charge >= 0.3 is 0 Å². The smallest absolute Gasteiger partial charge is 0.193 e. The van der Waals surface area contributed by atoms with Gasteiger partial charge in [-0.05, 0) is 42.0 Å². The van der Waals surface area contributed by atoms with Gasteiger partial charge in [-0.15, -0.1) is 0 Å². The lowest BCUT2D eigenvalue weighted by Crippen LogP contribution is -2.02. The lowest BCUT2D eigenvalue weighted by molar-refractivity contribution is 0.103. The van der Waals surface area contributed by atoms with Crippen LogP contribution in [0.5, 0.6) is 5.75 Å². The van der Waals surface area contributed by atoms with E-state index in [0.717, 1.165) is 17.7 Å². The molecule has 0 unspecified atom stereocenters. The Morgan fingerprint density at radius 1 is 1.16 bits per heavy atom. The number of benzene rings is 2. The summed E-state index contributed by atoms with van der Waals surface area (Å²) >= 11 is 5.86. The van der Waals surface area contributed by atoms with Gasteiger partial charge in [0.05, 0.1) is 17.3 Å². The van der Waals surface area contributed by atoms with E-state index in [4.69, 9.17) is 22.1 Å². The number of carbonyl (C=O) groups is 1. The fourth-order valence-corrected chi connectivity index (χ4v) is 2.30. The van der Waals surface area contributed by atoms with Crippen LogP contribution in [0.25, 0.3) is 0 Å². The van der Waals surface area contributed by atoms with Gasteiger partial charge in [0.15, 0.2) is 5.78 Å². The van der Waals surface area contributed by atoms with Gasteiger partial charge in [-0.3, -0.25) is 4.79 Å². The third-order valence-corrected chi connectivity index (χ3v) is 3.55. The lowest BCUT2D eigenvalue weighted by atomic mass is 10.00. The molecule has 3 rings (SSSR count). The molecule has 1 heterocycles. The fraction of sp³-hybridized carbons (Fsp3) is 0.133. The summed E-state index contributed by atoms with van der Waals surface area (Å²) in [5.41, 5.74) is 8.40. The highest BCUT2D eigenvalue weighted by molar-refractivity contribution is 6.33. The van der Waals surface area contributed by atoms with E-state index in [1.54, 1.807) is 24.3 Å². The summed E-state index contributed by atoms with van der Waals surface area (Å²) in [6.07, 6.45) is 0.846. The zero-order chi connectivity index (χ0) is 13.4. The largest absolute Gasteiger partial charge is 0.493 e. The van der Waals surface area contributed by atoms with Crippen LogP contribution in [0.15, 0.2) is 36.4 Å². The van der Waals surface area contributed by atoms with Crippen LogP contribution < -0.4 is 10.5 Å². The molecule has 0 saturated carbocycles. The minimum Gasteiger partial charge on any atom is -0.493 e. The highest BCUT2D eigenvalue weighted by Crippen LogP contribution is 2.27. The molecule has 0 aromatic heterocycles. The molecule has 0 fully saturated rings. The van der Waals surface area contributed by atoms with Crippen LogP contribution in [-0.4, -0.2) is 12.4 Å². The van der Waals surface area contributed by atoms with Gasteiger partial charge in [-0.25, -0.2) is 0 Å². The third-order valence-electron chi connectivity index (χ3n) is 3.21. The molecule has 0 aliphatic carbocycles. The molecule has 19 heavy (non-hydrogen) atoms. The van der Waals surface area contributed by atoms with Crippen LogP contribution in [0, 0.1) is 0 Å². The highest BCUT2D eigenvalue weighted by Gasteiger charge is 2.16. The third kappa shape index (κ3) is 2.17. The van der Waals surface area contributed by atoms with E-state index < -0.39 is 0 Å². The Balaban J connectivity index is 1.97. The topological polar surface area (TPSA) is 52.3 Å². The second-order valence-corrected chi connectivity index (χ2v) is 4.89. The second kappa shape index (κ2) is 4.59. The number of ketones is 1. The molecule has 0 spiro atoms. The number of fused-ring (bicyclic) bond motifs is 1. The maximum Gasteiger partial charge on any atom is 0.193 e. The van der Waals surface area contributed by atoms with Crippen molar-refractivity contribution in [2.24, 2.45) is 0 Å². The highest BCUT2D eigenvalue weighted by atomic mass is 35.5. The molecule has 3 nitrogen and oxygen atoms in total. The van der Waals surface area contributed by atoms with Gasteiger partial charge in [-0.1, -0.05) is 11.6 Å². The van der Waals surface area contributed by atoms with Gasteiger partial charge in [0.1, 0.15) is 5.75 Å². The molecule has 4 heteroatoms. The van der Waals surface area contributed by atoms with Gasteiger partial charge in [0.25, 0.3) is 0 Å². The van der Waals surface area contributed by atoms with Crippen molar-refractivity contribution in [1.82, 2.24) is 0 Å². The molecular weight excluding hydrogens is 262 g/mol. The van der Waals surface area contributed by atoms with Crippen molar-refractivity contribution in [3.8, 4) is 5.75 Å². The van der Waals surface area contributed by atoms with Crippen LogP contribution in [0.2, 0.25) is 5.02 Å². The SMILES string of the molecule is Nc1cc(C(=O)c2ccc3c(c2)CCO3)ccc1Cl. The first kappa shape index (κ1) is 12.1. The zero-order valence-corrected chi connectivity index (χ0v) is 10.9. The summed E-state index contributed by atoms with van der Waals surface area (Å²) in [4.78, 5) is 12.4. The molecule has 0 bridgehead atoms. The summed E-state index contributed by atoms with van der Waals surface area (Å²) in [5.74, 6) is 0.810. The van der Waals surface area contributed by atoms with Crippen molar-refractivity contribution in [3.63, 3.8) is 0 Å². The Bertz CT molecular complexity index is 667. The first-order valence-electron chi connectivity index (χ1n) is 6.00. The minimum atomic E-state index is -0.0573. The summed E-state index contributed by atoms with van der Waals surface area (Å²) in [5, 5.41) is 0.457. The molecular formula is C15H12ClNO2. The Morgan fingerprint density at radius 2 is 1.89 bits per heavy atom. The Kier molecular flexibility index (Phi) is 2.91. The fourth-order valence-electron chi connectivity index (χ4n) is 2.18. The maximum atomic E-state index is 12.4. The Hall–Kier alpha value is -2.00. The van der Waals surface area contributed by atoms with E-state index in [1.807, 2.05) is 12.1 Å². The number of anilines is 1. The minimum absolute atomic E-state index is 0.0573. The van der Waals surface area contributed by atoms with Crippen LogP contribution in [0.4, 0.5) is 5.69 Å². The monoisotopic (exact) mass is 273 g/mol. The quantitative estimate of drug-likeness (QED) is 0.676. The second-order valence-electron chi connectivity index (χ2n) is 4.49. The average molecular weight is 274 g/mol. The Labute approximate surface area is 115 Å². The van der Waals surface area contributed by atoms with Crippen molar-refractivity contribution >= 4 is 23.1 Å². The molecule has 96 valence electrons. The molecule has 0 saturated heterocycles. The molecule has 1 aliphatic heterocycles. The van der Waals surface area contributed by atoms with Crippen LogP contribution in [0.3, 0.4) is 0 Å². The van der Waals surface area contributed by atoms with Gasteiger partial charge in [-0.2, -0.15) is 0 Å². The first-order chi connectivity index (χ1) is 9.15. The number of carbonyl (C=O) groups excluding carboxylic acids is 1. The predicted molar refractivity (Wildman–Crippen MR) is 74.9 cm³/mol. The summed E-state index contributed by atoms with van der Waals surface area (Å²) in [7, 11) is 0. The van der Waals surface area contributed by atoms with E-state index in [9.17, 15) is 4.79 Å². The molecule has 2 N–H and O–H groups in total. The number of hydrogen-bond donors (Lipinski definition) is 1. The average Bonchev–Trinajstić information content (AvgIpc) is 2.88. The van der Waals surface area contributed by atoms with Gasteiger partial charge in [0.2, 0.25) is 0 Å². The number of halogens is 1. The Morgan fingerprint density at radius 3 is 2.68 bits per heavy atom. The van der Waals surface area contributed by atoms with Crippen molar-refractivity contribution in [2.45, 2.75) is 6.42 Å². The maximum absolute atomic E-state index is 12.4. The zero-order valence-electron chi connectivity index (χ0n) is 10.2. The van der Waals surface area contributed by atoms with E-state index in [0.29, 0.717) is 28.4 Å². The molecule has 0 amide bonds. The molecule has 1 aliphatic rings. The number of rotatable bonds is 2. The lowest BCUT2D eigenvalue weighted by Gasteiger charge is -2.05. The predicted octanol–water partition coefficient (Wildman–Crippen LogP) is 3.09. The van der Waals surface area contributed by atoms with Crippen molar-refractivity contribution < 1.29 is 9.53 Å². The van der Waals surface area contributed by atoms with E-state index in [2.05, 4.69) is 0 Å². The number of ether oxygens (including phenoxy) is 1. The number of hydrogen-bond acceptors (Lipinski definition) is 3. The number of nitrogen functional groups attached to an aromatic ring is 1. The summed E-state index contributed by atoms with van der Waals surface area (Å²) in [6, 6.07) is 10.4. The van der Waals surface area contributed by atoms with E-state index >= 15 is 0 Å². The molecule has 2 aromatic carbocycles. The van der Waals surface area contributed by atoms with E-state index in [-0.39, 0.29) is 5.78 Å². The molecule has 0 radical (unpaired) electrons. The number of nitrogens with two attached hydrogens (primary N) is 1. The normalized spacial score (nSPS) is 12.9. The van der Waals surface area contributed by atoms with Crippen LogP contribution in [-0.2, 0) is 6.42 Å². The van der Waals surface area contributed by atoms with E-state index in [1.165, 1.54) is 0 Å². The van der Waals surface area contributed by atoms with Crippen LogP contribution >= 0.6 is 11.6 Å². The van der Waals surface area contributed by atoms with Crippen molar-refractivity contribution in [3.05, 3.63) is 58.1 Å². The van der Waals surface area contributed by atoms with Crippen LogP contribution in [0.1, 0.15) is 21.5 Å². The van der Waals surface area contributed by atoms with Crippen molar-refractivity contribution in [1.29, 1.82) is 0 Å². The summed E-state index contributed by atoms with van der Waals surface area (Å²) in [6.45, 7) is 0.681. The first-order valence-corrected chi connectivity index (χ1v) is 6.38. The molecule has 0 atom stereocenters. The molecule has 2 aromatic rings. The summed E-state index contributed by atoms with van der Waals surface area (Å²) < 4.78 is 5.42. The standard InChI is InChI=1S/C15H12ClNO2/c16-12-3-1-11(8-13(12)17)15(18)10-2-4-14-9(7-10)5-6-19-14/h1-4,7-8H,5-6,17H2. The van der Waals surface area contributed by atoms with Gasteiger partial charge < -0.3 is 10.5 Å². The van der Waals surface area contributed by atoms with Crippen molar-refractivity contribution in [2.75, 3.05) is 12.3 Å².